The summed E-state index contributed by atoms with van der Waals surface area (Å²) in [6, 6.07) is 0.406. The first-order chi connectivity index (χ1) is 5.68. The van der Waals surface area contributed by atoms with Gasteiger partial charge >= 0.3 is 0 Å². The molecule has 3 nitrogen and oxygen atoms in total. The van der Waals surface area contributed by atoms with Gasteiger partial charge in [-0.15, -0.1) is 0 Å². The number of aromatic nitrogens is 2. The zero-order valence-electron chi connectivity index (χ0n) is 7.70. The summed E-state index contributed by atoms with van der Waals surface area (Å²) >= 11 is 0. The number of hydrogen-bond donors (Lipinski definition) is 0. The van der Waals surface area contributed by atoms with Gasteiger partial charge in [-0.3, -0.25) is 0 Å². The van der Waals surface area contributed by atoms with Crippen LogP contribution in [0.25, 0.3) is 0 Å². The largest absolute Gasteiger partial charge is 0.245 e. The Morgan fingerprint density at radius 3 is 2.92 bits per heavy atom. The lowest BCUT2D eigenvalue weighted by molar-refractivity contribution is 0.537. The van der Waals surface area contributed by atoms with Crippen LogP contribution in [-0.4, -0.2) is 15.5 Å². The van der Waals surface area contributed by atoms with Gasteiger partial charge in [-0.05, 0) is 20.8 Å². The second-order valence-corrected chi connectivity index (χ2v) is 3.56. The SMILES string of the molecule is CC1=Nc2c(cnn2C(C)C)C1. The minimum atomic E-state index is 0.406. The van der Waals surface area contributed by atoms with Crippen molar-refractivity contribution in [3.8, 4) is 0 Å². The fourth-order valence-electron chi connectivity index (χ4n) is 1.51. The monoisotopic (exact) mass is 163 g/mol. The fraction of sp³-hybridized carbons (Fsp3) is 0.556. The second kappa shape index (κ2) is 2.44. The van der Waals surface area contributed by atoms with E-state index in [2.05, 4.69) is 30.9 Å². The van der Waals surface area contributed by atoms with Crippen LogP contribution in [0.5, 0.6) is 0 Å². The molecule has 0 unspecified atom stereocenters. The zero-order chi connectivity index (χ0) is 8.72. The van der Waals surface area contributed by atoms with Crippen molar-refractivity contribution in [1.29, 1.82) is 0 Å². The van der Waals surface area contributed by atoms with Crippen LogP contribution in [0.15, 0.2) is 11.2 Å². The lowest BCUT2D eigenvalue weighted by Crippen LogP contribution is -2.01. The molecule has 0 aliphatic carbocycles. The Labute approximate surface area is 72.1 Å². The highest BCUT2D eigenvalue weighted by molar-refractivity contribution is 5.91. The molecule has 0 fully saturated rings. The van der Waals surface area contributed by atoms with Gasteiger partial charge in [-0.25, -0.2) is 9.67 Å². The molecule has 1 aromatic rings. The summed E-state index contributed by atoms with van der Waals surface area (Å²) in [5.41, 5.74) is 2.46. The Balaban J connectivity index is 2.48. The van der Waals surface area contributed by atoms with Gasteiger partial charge in [0.1, 0.15) is 0 Å². The molecule has 1 aromatic heterocycles. The van der Waals surface area contributed by atoms with Crippen molar-refractivity contribution in [3.63, 3.8) is 0 Å². The molecule has 0 amide bonds. The minimum absolute atomic E-state index is 0.406. The molecule has 0 aromatic carbocycles. The predicted molar refractivity (Wildman–Crippen MR) is 49.1 cm³/mol. The lowest BCUT2D eigenvalue weighted by atomic mass is 10.2. The first-order valence-corrected chi connectivity index (χ1v) is 4.29. The van der Waals surface area contributed by atoms with Crippen molar-refractivity contribution in [2.45, 2.75) is 33.2 Å². The third-order valence-corrected chi connectivity index (χ3v) is 2.07. The summed E-state index contributed by atoms with van der Waals surface area (Å²) in [6.45, 7) is 6.30. The summed E-state index contributed by atoms with van der Waals surface area (Å²) < 4.78 is 1.98. The summed E-state index contributed by atoms with van der Waals surface area (Å²) in [4.78, 5) is 4.45. The molecule has 1 aliphatic heterocycles. The van der Waals surface area contributed by atoms with Crippen LogP contribution in [0.3, 0.4) is 0 Å². The van der Waals surface area contributed by atoms with E-state index in [0.29, 0.717) is 6.04 Å². The first-order valence-electron chi connectivity index (χ1n) is 4.29. The van der Waals surface area contributed by atoms with Crippen molar-refractivity contribution in [3.05, 3.63) is 11.8 Å². The van der Waals surface area contributed by atoms with E-state index in [4.69, 9.17) is 0 Å². The maximum atomic E-state index is 4.45. The zero-order valence-corrected chi connectivity index (χ0v) is 7.70. The van der Waals surface area contributed by atoms with Crippen LogP contribution in [0.1, 0.15) is 32.4 Å². The molecular weight excluding hydrogens is 150 g/mol. The molecular formula is C9H13N3. The Morgan fingerprint density at radius 2 is 2.25 bits per heavy atom. The highest BCUT2D eigenvalue weighted by atomic mass is 15.3. The topological polar surface area (TPSA) is 30.2 Å². The number of nitrogens with zero attached hydrogens (tertiary/aromatic N) is 3. The molecule has 0 saturated carbocycles. The summed E-state index contributed by atoms with van der Waals surface area (Å²) in [6.07, 6.45) is 2.90. The molecule has 0 spiro atoms. The molecule has 0 atom stereocenters. The fourth-order valence-corrected chi connectivity index (χ4v) is 1.51. The van der Waals surface area contributed by atoms with E-state index in [1.807, 2.05) is 10.9 Å². The van der Waals surface area contributed by atoms with Gasteiger partial charge in [0.05, 0.1) is 6.20 Å². The number of rotatable bonds is 1. The molecule has 2 rings (SSSR count). The molecule has 1 aliphatic rings. The molecule has 0 radical (unpaired) electrons. The van der Waals surface area contributed by atoms with Crippen molar-refractivity contribution in [2.24, 2.45) is 4.99 Å². The van der Waals surface area contributed by atoms with Crippen LogP contribution in [0.4, 0.5) is 5.82 Å². The van der Waals surface area contributed by atoms with E-state index in [0.717, 1.165) is 12.2 Å². The Kier molecular flexibility index (Phi) is 1.53. The maximum Gasteiger partial charge on any atom is 0.154 e. The van der Waals surface area contributed by atoms with E-state index < -0.39 is 0 Å². The Bertz CT molecular complexity index is 334. The number of fused-ring (bicyclic) bond motifs is 1. The number of hydrogen-bond acceptors (Lipinski definition) is 2. The summed E-state index contributed by atoms with van der Waals surface area (Å²) in [5, 5.41) is 4.28. The maximum absolute atomic E-state index is 4.45. The normalized spacial score (nSPS) is 15.2. The summed E-state index contributed by atoms with van der Waals surface area (Å²) in [7, 11) is 0. The average molecular weight is 163 g/mol. The van der Waals surface area contributed by atoms with Crippen molar-refractivity contribution in [1.82, 2.24) is 9.78 Å². The van der Waals surface area contributed by atoms with Crippen LogP contribution >= 0.6 is 0 Å². The van der Waals surface area contributed by atoms with E-state index in [1.165, 1.54) is 11.3 Å². The van der Waals surface area contributed by atoms with Crippen LogP contribution in [0, 0.1) is 0 Å². The standard InChI is InChI=1S/C9H13N3/c1-6(2)12-9-8(5-10-12)4-7(3)11-9/h5-6H,4H2,1-3H3. The van der Waals surface area contributed by atoms with Gasteiger partial charge in [0.25, 0.3) is 0 Å². The van der Waals surface area contributed by atoms with E-state index in [9.17, 15) is 0 Å². The molecule has 3 heteroatoms. The summed E-state index contributed by atoms with van der Waals surface area (Å²) in [5.74, 6) is 1.06. The molecule has 64 valence electrons. The van der Waals surface area contributed by atoms with Gasteiger partial charge in [0.2, 0.25) is 0 Å². The van der Waals surface area contributed by atoms with Crippen molar-refractivity contribution < 1.29 is 0 Å². The van der Waals surface area contributed by atoms with Gasteiger partial charge in [-0.2, -0.15) is 5.10 Å². The van der Waals surface area contributed by atoms with Crippen LogP contribution in [0.2, 0.25) is 0 Å². The van der Waals surface area contributed by atoms with Gasteiger partial charge < -0.3 is 0 Å². The third kappa shape index (κ3) is 0.967. The Hall–Kier alpha value is -1.12. The van der Waals surface area contributed by atoms with Crippen LogP contribution < -0.4 is 0 Å². The van der Waals surface area contributed by atoms with Crippen LogP contribution in [-0.2, 0) is 6.42 Å². The molecule has 0 bridgehead atoms. The van der Waals surface area contributed by atoms with Crippen molar-refractivity contribution in [2.75, 3.05) is 0 Å². The van der Waals surface area contributed by atoms with E-state index in [1.54, 1.807) is 0 Å². The quantitative estimate of drug-likeness (QED) is 0.623. The van der Waals surface area contributed by atoms with Gasteiger partial charge in [0.15, 0.2) is 5.82 Å². The third-order valence-electron chi connectivity index (χ3n) is 2.07. The molecule has 0 N–H and O–H groups in total. The number of aliphatic imine (C=N–C) groups is 1. The molecule has 0 saturated heterocycles. The van der Waals surface area contributed by atoms with E-state index >= 15 is 0 Å². The molecule has 2 heterocycles. The Morgan fingerprint density at radius 1 is 1.50 bits per heavy atom. The predicted octanol–water partition coefficient (Wildman–Crippen LogP) is 2.11. The highest BCUT2D eigenvalue weighted by Crippen LogP contribution is 2.28. The average Bonchev–Trinajstić information content (AvgIpc) is 2.43. The highest BCUT2D eigenvalue weighted by Gasteiger charge is 2.17. The lowest BCUT2D eigenvalue weighted by Gasteiger charge is -2.06. The second-order valence-electron chi connectivity index (χ2n) is 3.56. The van der Waals surface area contributed by atoms with Gasteiger partial charge in [-0.1, -0.05) is 0 Å². The molecule has 12 heavy (non-hydrogen) atoms. The minimum Gasteiger partial charge on any atom is -0.245 e. The smallest absolute Gasteiger partial charge is 0.154 e. The van der Waals surface area contributed by atoms with E-state index in [-0.39, 0.29) is 0 Å². The van der Waals surface area contributed by atoms with Crippen molar-refractivity contribution >= 4 is 11.5 Å². The first kappa shape index (κ1) is 7.53. The van der Waals surface area contributed by atoms with Gasteiger partial charge in [0, 0.05) is 23.7 Å².